The van der Waals surface area contributed by atoms with Gasteiger partial charge in [-0.15, -0.1) is 0 Å². The molecule has 0 radical (unpaired) electrons. The first kappa shape index (κ1) is 19.0. The summed E-state index contributed by atoms with van der Waals surface area (Å²) in [5.41, 5.74) is 3.79. The number of furan rings is 1. The smallest absolute Gasteiger partial charge is 0.190 e. The van der Waals surface area contributed by atoms with E-state index >= 15 is 0 Å². The minimum Gasteiger partial charge on any atom is -0.467 e. The van der Waals surface area contributed by atoms with E-state index in [0.717, 1.165) is 37.7 Å². The maximum absolute atomic E-state index is 5.58. The van der Waals surface area contributed by atoms with Gasteiger partial charge in [0.15, 0.2) is 5.96 Å². The van der Waals surface area contributed by atoms with Gasteiger partial charge >= 0.3 is 0 Å². The Morgan fingerprint density at radius 1 is 1.15 bits per heavy atom. The second-order valence-corrected chi connectivity index (χ2v) is 6.44. The Hall–Kier alpha value is -2.73. The van der Waals surface area contributed by atoms with Crippen molar-refractivity contribution in [2.45, 2.75) is 26.4 Å². The largest absolute Gasteiger partial charge is 0.467 e. The van der Waals surface area contributed by atoms with Crippen LogP contribution in [0, 0.1) is 6.92 Å². The lowest BCUT2D eigenvalue weighted by molar-refractivity contribution is 0.105. The number of aromatic nitrogens is 1. The van der Waals surface area contributed by atoms with Crippen LogP contribution in [0.4, 0.5) is 0 Å². The molecule has 144 valence electrons. The molecule has 0 fully saturated rings. The number of nitrogens with one attached hydrogen (secondary N) is 3. The lowest BCUT2D eigenvalue weighted by atomic mass is 10.1. The van der Waals surface area contributed by atoms with E-state index in [1.165, 1.54) is 22.2 Å². The number of aryl methyl sites for hydroxylation is 1. The number of hydrogen-bond donors (Lipinski definition) is 3. The number of rotatable bonds is 9. The van der Waals surface area contributed by atoms with E-state index in [0.29, 0.717) is 13.2 Å². The van der Waals surface area contributed by atoms with Gasteiger partial charge in [-0.2, -0.15) is 0 Å². The van der Waals surface area contributed by atoms with Crippen LogP contribution in [0.25, 0.3) is 10.9 Å². The Balaban J connectivity index is 1.34. The van der Waals surface area contributed by atoms with E-state index < -0.39 is 0 Å². The zero-order valence-electron chi connectivity index (χ0n) is 16.0. The van der Waals surface area contributed by atoms with E-state index in [1.54, 1.807) is 13.3 Å². The first-order valence-corrected chi connectivity index (χ1v) is 9.38. The molecule has 0 atom stereocenters. The highest BCUT2D eigenvalue weighted by atomic mass is 16.5. The topological polar surface area (TPSA) is 74.6 Å². The predicted octanol–water partition coefficient (Wildman–Crippen LogP) is 3.38. The first-order chi connectivity index (χ1) is 13.3. The molecule has 2 aromatic heterocycles. The molecule has 27 heavy (non-hydrogen) atoms. The van der Waals surface area contributed by atoms with Crippen LogP contribution in [0.15, 0.2) is 52.1 Å². The van der Waals surface area contributed by atoms with E-state index in [2.05, 4.69) is 51.8 Å². The van der Waals surface area contributed by atoms with E-state index in [-0.39, 0.29) is 0 Å². The van der Waals surface area contributed by atoms with Gasteiger partial charge in [0, 0.05) is 43.3 Å². The molecule has 0 spiro atoms. The second kappa shape index (κ2) is 9.83. The van der Waals surface area contributed by atoms with Crippen molar-refractivity contribution < 1.29 is 9.15 Å². The Morgan fingerprint density at radius 3 is 2.81 bits per heavy atom. The lowest BCUT2D eigenvalue weighted by Crippen LogP contribution is -2.39. The van der Waals surface area contributed by atoms with Crippen molar-refractivity contribution >= 4 is 16.9 Å². The van der Waals surface area contributed by atoms with E-state index in [9.17, 15) is 0 Å². The molecule has 3 N–H and O–H groups in total. The van der Waals surface area contributed by atoms with Crippen molar-refractivity contribution in [2.24, 2.45) is 4.99 Å². The van der Waals surface area contributed by atoms with Crippen LogP contribution in [0.2, 0.25) is 0 Å². The number of para-hydroxylation sites is 1. The van der Waals surface area contributed by atoms with Crippen LogP contribution in [-0.4, -0.2) is 37.7 Å². The number of hydrogen-bond acceptors (Lipinski definition) is 3. The summed E-state index contributed by atoms with van der Waals surface area (Å²) in [6.07, 6.45) is 3.51. The van der Waals surface area contributed by atoms with Gasteiger partial charge in [-0.05, 0) is 43.5 Å². The highest BCUT2D eigenvalue weighted by Gasteiger charge is 2.07. The molecule has 1 aromatic carbocycles. The molecule has 0 saturated carbocycles. The molecular formula is C21H28N4O2. The van der Waals surface area contributed by atoms with E-state index in [1.807, 2.05) is 12.1 Å². The molecule has 0 amide bonds. The fraction of sp³-hybridized carbons (Fsp3) is 0.381. The van der Waals surface area contributed by atoms with Crippen LogP contribution in [0.5, 0.6) is 0 Å². The number of nitrogens with zero attached hydrogens (tertiary/aromatic N) is 1. The Kier molecular flexibility index (Phi) is 6.93. The summed E-state index contributed by atoms with van der Waals surface area (Å²) in [6, 6.07) is 12.2. The number of benzene rings is 1. The van der Waals surface area contributed by atoms with Gasteiger partial charge in [0.2, 0.25) is 0 Å². The maximum atomic E-state index is 5.58. The van der Waals surface area contributed by atoms with Crippen molar-refractivity contribution in [3.05, 3.63) is 59.7 Å². The van der Waals surface area contributed by atoms with Gasteiger partial charge < -0.3 is 24.8 Å². The fourth-order valence-corrected chi connectivity index (χ4v) is 3.13. The molecule has 0 saturated heterocycles. The average molecular weight is 368 g/mol. The van der Waals surface area contributed by atoms with E-state index in [4.69, 9.17) is 9.15 Å². The average Bonchev–Trinajstić information content (AvgIpc) is 3.30. The summed E-state index contributed by atoms with van der Waals surface area (Å²) >= 11 is 0. The Labute approximate surface area is 160 Å². The SMILES string of the molecule is CN=C(NCCCOCc1ccco1)NCCc1c(C)[nH]c2ccccc12. The summed E-state index contributed by atoms with van der Waals surface area (Å²) in [6.45, 7) is 4.97. The molecule has 6 heteroatoms. The molecular weight excluding hydrogens is 340 g/mol. The van der Waals surface area contributed by atoms with Crippen LogP contribution in [0.1, 0.15) is 23.4 Å². The molecule has 3 aromatic rings. The number of ether oxygens (including phenoxy) is 1. The summed E-state index contributed by atoms with van der Waals surface area (Å²) in [7, 11) is 1.79. The number of H-pyrrole nitrogens is 1. The minimum atomic E-state index is 0.518. The van der Waals surface area contributed by atoms with Crippen molar-refractivity contribution in [1.82, 2.24) is 15.6 Å². The molecule has 2 heterocycles. The Morgan fingerprint density at radius 2 is 2.00 bits per heavy atom. The third kappa shape index (κ3) is 5.37. The molecule has 0 unspecified atom stereocenters. The molecule has 6 nitrogen and oxygen atoms in total. The third-order valence-electron chi connectivity index (χ3n) is 4.50. The van der Waals surface area contributed by atoms with Crippen LogP contribution in [-0.2, 0) is 17.8 Å². The lowest BCUT2D eigenvalue weighted by Gasteiger charge is -2.12. The van der Waals surface area contributed by atoms with Gasteiger partial charge in [-0.3, -0.25) is 4.99 Å². The van der Waals surface area contributed by atoms with Gasteiger partial charge in [0.05, 0.1) is 6.26 Å². The zero-order chi connectivity index (χ0) is 18.9. The molecule has 0 aliphatic heterocycles. The van der Waals surface area contributed by atoms with Crippen LogP contribution >= 0.6 is 0 Å². The van der Waals surface area contributed by atoms with Gasteiger partial charge in [0.1, 0.15) is 12.4 Å². The summed E-state index contributed by atoms with van der Waals surface area (Å²) < 4.78 is 10.8. The quantitative estimate of drug-likeness (QED) is 0.307. The highest BCUT2D eigenvalue weighted by Crippen LogP contribution is 2.21. The zero-order valence-corrected chi connectivity index (χ0v) is 16.0. The second-order valence-electron chi connectivity index (χ2n) is 6.44. The first-order valence-electron chi connectivity index (χ1n) is 9.38. The number of aliphatic imine (C=N–C) groups is 1. The van der Waals surface area contributed by atoms with Crippen molar-refractivity contribution in [3.8, 4) is 0 Å². The molecule has 3 rings (SSSR count). The van der Waals surface area contributed by atoms with Crippen LogP contribution < -0.4 is 10.6 Å². The van der Waals surface area contributed by atoms with Crippen molar-refractivity contribution in [1.29, 1.82) is 0 Å². The normalized spacial score (nSPS) is 11.9. The molecule has 0 bridgehead atoms. The van der Waals surface area contributed by atoms with Crippen molar-refractivity contribution in [3.63, 3.8) is 0 Å². The minimum absolute atomic E-state index is 0.518. The van der Waals surface area contributed by atoms with Crippen molar-refractivity contribution in [2.75, 3.05) is 26.7 Å². The van der Waals surface area contributed by atoms with Gasteiger partial charge in [-0.1, -0.05) is 18.2 Å². The highest BCUT2D eigenvalue weighted by molar-refractivity contribution is 5.84. The molecule has 0 aliphatic carbocycles. The van der Waals surface area contributed by atoms with Crippen LogP contribution in [0.3, 0.4) is 0 Å². The summed E-state index contributed by atoms with van der Waals surface area (Å²) in [5, 5.41) is 8.00. The van der Waals surface area contributed by atoms with Gasteiger partial charge in [0.25, 0.3) is 0 Å². The Bertz CT molecular complexity index is 852. The fourth-order valence-electron chi connectivity index (χ4n) is 3.13. The molecule has 0 aliphatic rings. The predicted molar refractivity (Wildman–Crippen MR) is 109 cm³/mol. The third-order valence-corrected chi connectivity index (χ3v) is 4.50. The summed E-state index contributed by atoms with van der Waals surface area (Å²) in [5.74, 6) is 1.67. The van der Waals surface area contributed by atoms with Gasteiger partial charge in [-0.25, -0.2) is 0 Å². The number of aromatic amines is 1. The monoisotopic (exact) mass is 368 g/mol. The number of fused-ring (bicyclic) bond motifs is 1. The maximum Gasteiger partial charge on any atom is 0.190 e. The summed E-state index contributed by atoms with van der Waals surface area (Å²) in [4.78, 5) is 7.73. The number of guanidine groups is 1. The standard InChI is InChI=1S/C21H28N4O2/c1-16-18(19-8-3-4-9-20(19)25-16)10-12-24-21(22-2)23-11-6-13-26-15-17-7-5-14-27-17/h3-5,7-9,14,25H,6,10-13,15H2,1-2H3,(H2,22,23,24).